The van der Waals surface area contributed by atoms with Gasteiger partial charge in [0.1, 0.15) is 24.4 Å². The van der Waals surface area contributed by atoms with Gasteiger partial charge in [0.05, 0.1) is 6.07 Å². The van der Waals surface area contributed by atoms with Gasteiger partial charge in [0, 0.05) is 10.0 Å². The molecule has 0 aliphatic heterocycles. The highest BCUT2D eigenvalue weighted by atomic mass is 35.5. The van der Waals surface area contributed by atoms with Crippen LogP contribution in [-0.2, 0) is 12.0 Å². The zero-order valence-electron chi connectivity index (χ0n) is 12.2. The number of H-pyrrole nitrogens is 1. The lowest BCUT2D eigenvalue weighted by atomic mass is 9.75. The number of nitriles is 1. The summed E-state index contributed by atoms with van der Waals surface area (Å²) in [6.07, 6.45) is 5.52. The normalized spacial score (nSPS) is 13.3. The average molecular weight is 343 g/mol. The maximum absolute atomic E-state index is 10.1. The van der Waals surface area contributed by atoms with Gasteiger partial charge in [0.15, 0.2) is 0 Å². The Morgan fingerprint density at radius 3 is 2.43 bits per heavy atom. The van der Waals surface area contributed by atoms with Gasteiger partial charge in [-0.3, -0.25) is 4.98 Å². The molecule has 0 radical (unpaired) electrons. The van der Waals surface area contributed by atoms with E-state index in [-0.39, 0.29) is 0 Å². The van der Waals surface area contributed by atoms with Gasteiger partial charge in [-0.1, -0.05) is 53.5 Å². The summed E-state index contributed by atoms with van der Waals surface area (Å²) in [5.41, 5.74) is 0.724. The number of aromatic nitrogens is 2. The van der Waals surface area contributed by atoms with Gasteiger partial charge in [0.2, 0.25) is 6.33 Å². The molecule has 1 aromatic heterocycles. The third kappa shape index (κ3) is 2.96. The Morgan fingerprint density at radius 2 is 1.83 bits per heavy atom. The summed E-state index contributed by atoms with van der Waals surface area (Å²) in [5.74, 6) is 0. The van der Waals surface area contributed by atoms with E-state index in [0.717, 1.165) is 11.1 Å². The van der Waals surface area contributed by atoms with Crippen molar-refractivity contribution < 1.29 is 4.57 Å². The molecule has 114 valence electrons. The minimum atomic E-state index is -0.907. The highest BCUT2D eigenvalue weighted by molar-refractivity contribution is 6.31. The molecule has 0 aliphatic carbocycles. The van der Waals surface area contributed by atoms with Crippen molar-refractivity contribution in [1.29, 1.82) is 5.26 Å². The van der Waals surface area contributed by atoms with Crippen LogP contribution in [0.2, 0.25) is 10.0 Å². The van der Waals surface area contributed by atoms with E-state index in [1.807, 2.05) is 53.6 Å². The van der Waals surface area contributed by atoms with Crippen LogP contribution in [0.5, 0.6) is 0 Å². The van der Waals surface area contributed by atoms with E-state index in [1.165, 1.54) is 0 Å². The van der Waals surface area contributed by atoms with E-state index in [1.54, 1.807) is 18.2 Å². The predicted molar refractivity (Wildman–Crippen MR) is 90.3 cm³/mol. The van der Waals surface area contributed by atoms with Crippen LogP contribution in [0.25, 0.3) is 0 Å². The molecule has 0 aliphatic rings. The van der Waals surface area contributed by atoms with E-state index in [2.05, 4.69) is 11.1 Å². The van der Waals surface area contributed by atoms with Crippen LogP contribution in [0.3, 0.4) is 0 Å². The lowest BCUT2D eigenvalue weighted by Crippen LogP contribution is -2.45. The predicted octanol–water partition coefficient (Wildman–Crippen LogP) is 4.12. The van der Waals surface area contributed by atoms with Crippen LogP contribution in [0.15, 0.2) is 67.3 Å². The molecule has 2 aromatic carbocycles. The molecule has 1 heterocycles. The van der Waals surface area contributed by atoms with Crippen molar-refractivity contribution in [2.24, 2.45) is 0 Å². The molecule has 1 unspecified atom stereocenters. The van der Waals surface area contributed by atoms with Crippen molar-refractivity contribution in [2.75, 3.05) is 0 Å². The molecule has 3 nitrogen and oxygen atoms in total. The summed E-state index contributed by atoms with van der Waals surface area (Å²) >= 11 is 12.4. The molecule has 0 amide bonds. The number of hydrogen-bond donors (Lipinski definition) is 1. The fourth-order valence-corrected chi connectivity index (χ4v) is 3.15. The third-order valence-electron chi connectivity index (χ3n) is 3.88. The van der Waals surface area contributed by atoms with Crippen molar-refractivity contribution in [3.05, 3.63) is 88.4 Å². The Balaban J connectivity index is 2.21. The van der Waals surface area contributed by atoms with Crippen molar-refractivity contribution in [2.45, 2.75) is 12.0 Å². The van der Waals surface area contributed by atoms with Crippen molar-refractivity contribution >= 4 is 23.2 Å². The topological polar surface area (TPSA) is 43.5 Å². The summed E-state index contributed by atoms with van der Waals surface area (Å²) in [6, 6.07) is 17.3. The Labute approximate surface area is 144 Å². The Hall–Kier alpha value is -2.28. The van der Waals surface area contributed by atoms with Gasteiger partial charge in [0.25, 0.3) is 0 Å². The Morgan fingerprint density at radius 1 is 1.09 bits per heavy atom. The highest BCUT2D eigenvalue weighted by Gasteiger charge is 2.39. The molecule has 5 heteroatoms. The molecule has 0 fully saturated rings. The molecule has 0 bridgehead atoms. The number of rotatable bonds is 4. The molecular weight excluding hydrogens is 329 g/mol. The van der Waals surface area contributed by atoms with Gasteiger partial charge >= 0.3 is 0 Å². The second-order valence-corrected chi connectivity index (χ2v) is 6.13. The van der Waals surface area contributed by atoms with Gasteiger partial charge in [-0.05, 0) is 29.3 Å². The molecule has 23 heavy (non-hydrogen) atoms. The van der Waals surface area contributed by atoms with Gasteiger partial charge in [-0.2, -0.15) is 5.26 Å². The third-order valence-corrected chi connectivity index (χ3v) is 4.47. The number of hydrogen-bond acceptors (Lipinski definition) is 1. The van der Waals surface area contributed by atoms with Gasteiger partial charge in [-0.25, -0.2) is 4.57 Å². The first-order valence-electron chi connectivity index (χ1n) is 7.10. The smallest absolute Gasteiger partial charge is 0.241 e. The standard InChI is InChI=1S/C18H13Cl2N3/c19-15-7-5-14(6-8-15)18(11-21,12-23-10-9-22-13-23)16-3-1-2-4-17(16)20/h1-10,13H,12H2/p+1. The van der Waals surface area contributed by atoms with Crippen molar-refractivity contribution in [1.82, 2.24) is 4.98 Å². The first-order chi connectivity index (χ1) is 11.2. The Kier molecular flexibility index (Phi) is 4.38. The van der Waals surface area contributed by atoms with Crippen LogP contribution in [0.4, 0.5) is 0 Å². The molecular formula is C18H14Cl2N3+. The zero-order valence-corrected chi connectivity index (χ0v) is 13.7. The van der Waals surface area contributed by atoms with E-state index in [4.69, 9.17) is 23.2 Å². The van der Waals surface area contributed by atoms with E-state index >= 15 is 0 Å². The second-order valence-electron chi connectivity index (χ2n) is 5.29. The first kappa shape index (κ1) is 15.6. The second kappa shape index (κ2) is 6.45. The lowest BCUT2D eigenvalue weighted by molar-refractivity contribution is -0.700. The average Bonchev–Trinajstić information content (AvgIpc) is 3.07. The Bertz CT molecular complexity index is 835. The van der Waals surface area contributed by atoms with E-state index < -0.39 is 5.41 Å². The summed E-state index contributed by atoms with van der Waals surface area (Å²) in [4.78, 5) is 3.00. The van der Waals surface area contributed by atoms with Gasteiger partial charge in [-0.15, -0.1) is 0 Å². The fraction of sp³-hybridized carbons (Fsp3) is 0.111. The molecule has 1 N–H and O–H groups in total. The number of imidazole rings is 1. The minimum absolute atomic E-state index is 0.443. The minimum Gasteiger partial charge on any atom is -0.250 e. The van der Waals surface area contributed by atoms with Crippen LogP contribution in [0, 0.1) is 11.3 Å². The van der Waals surface area contributed by atoms with Crippen LogP contribution < -0.4 is 4.57 Å². The maximum Gasteiger partial charge on any atom is 0.241 e. The molecule has 3 rings (SSSR count). The molecule has 0 saturated carbocycles. The molecule has 3 aromatic rings. The monoisotopic (exact) mass is 342 g/mol. The largest absolute Gasteiger partial charge is 0.250 e. The van der Waals surface area contributed by atoms with Crippen LogP contribution >= 0.6 is 23.2 Å². The number of nitrogens with one attached hydrogen (secondary N) is 1. The van der Waals surface area contributed by atoms with Gasteiger partial charge < -0.3 is 0 Å². The number of aromatic amines is 1. The lowest BCUT2D eigenvalue weighted by Gasteiger charge is -2.27. The highest BCUT2D eigenvalue weighted by Crippen LogP contribution is 2.37. The van der Waals surface area contributed by atoms with Crippen molar-refractivity contribution in [3.8, 4) is 6.07 Å². The molecule has 1 atom stereocenters. The summed E-state index contributed by atoms with van der Waals surface area (Å²) in [7, 11) is 0. The van der Waals surface area contributed by atoms with Crippen molar-refractivity contribution in [3.63, 3.8) is 0 Å². The summed E-state index contributed by atoms with van der Waals surface area (Å²) < 4.78 is 1.93. The summed E-state index contributed by atoms with van der Waals surface area (Å²) in [6.45, 7) is 0.443. The number of halogens is 2. The van der Waals surface area contributed by atoms with E-state index in [0.29, 0.717) is 16.6 Å². The quantitative estimate of drug-likeness (QED) is 0.712. The van der Waals surface area contributed by atoms with Crippen LogP contribution in [0.1, 0.15) is 11.1 Å². The maximum atomic E-state index is 10.1. The fourth-order valence-electron chi connectivity index (χ4n) is 2.73. The zero-order chi connectivity index (χ0) is 16.3. The number of nitrogens with zero attached hydrogens (tertiary/aromatic N) is 2. The molecule has 0 spiro atoms. The SMILES string of the molecule is N#CC(C[n+]1cc[nH]c1)(c1ccc(Cl)cc1)c1ccccc1Cl. The number of benzene rings is 2. The van der Waals surface area contributed by atoms with Crippen LogP contribution in [-0.4, -0.2) is 4.98 Å². The first-order valence-corrected chi connectivity index (χ1v) is 7.85. The molecule has 0 saturated heterocycles. The van der Waals surface area contributed by atoms with E-state index in [9.17, 15) is 5.26 Å². The summed E-state index contributed by atoms with van der Waals surface area (Å²) in [5, 5.41) is 11.3.